The average molecular weight is 112 g/mol. The molecular formula is C6H12N2. The maximum absolute atomic E-state index is 3.09. The average Bonchev–Trinajstić information content (AvgIpc) is 1.98. The van der Waals surface area contributed by atoms with Crippen molar-refractivity contribution in [2.24, 2.45) is 0 Å². The van der Waals surface area contributed by atoms with Crippen molar-refractivity contribution in [1.29, 1.82) is 0 Å². The van der Waals surface area contributed by atoms with E-state index in [1.807, 2.05) is 7.05 Å². The molecule has 1 heterocycles. The zero-order chi connectivity index (χ0) is 6.15. The van der Waals surface area contributed by atoms with Crippen molar-refractivity contribution in [3.05, 3.63) is 6.67 Å². The summed E-state index contributed by atoms with van der Waals surface area (Å²) in [5.74, 6) is 0. The molecule has 2 atom stereocenters. The van der Waals surface area contributed by atoms with Crippen molar-refractivity contribution in [3.8, 4) is 0 Å². The van der Waals surface area contributed by atoms with Crippen LogP contribution in [0.2, 0.25) is 0 Å². The minimum Gasteiger partial charge on any atom is -0.289 e. The van der Waals surface area contributed by atoms with Gasteiger partial charge >= 0.3 is 0 Å². The van der Waals surface area contributed by atoms with Crippen LogP contribution in [0, 0.1) is 6.67 Å². The van der Waals surface area contributed by atoms with Crippen LogP contribution in [0.3, 0.4) is 0 Å². The van der Waals surface area contributed by atoms with E-state index in [0.717, 1.165) is 0 Å². The topological polar surface area (TPSA) is 15.3 Å². The minimum atomic E-state index is 0.556. The summed E-state index contributed by atoms with van der Waals surface area (Å²) in [7, 11) is 2.03. The van der Waals surface area contributed by atoms with Gasteiger partial charge in [-0.3, -0.25) is 10.2 Å². The summed E-state index contributed by atoms with van der Waals surface area (Å²) in [6, 6.07) is 1.15. The van der Waals surface area contributed by atoms with Gasteiger partial charge in [0.05, 0.1) is 0 Å². The Hall–Kier alpha value is -0.0800. The minimum absolute atomic E-state index is 0.556. The van der Waals surface area contributed by atoms with Gasteiger partial charge in [-0.25, -0.2) is 0 Å². The molecule has 0 aromatic rings. The molecule has 1 aliphatic heterocycles. The van der Waals surface area contributed by atoms with Crippen LogP contribution in [0.15, 0.2) is 0 Å². The molecule has 0 bridgehead atoms. The van der Waals surface area contributed by atoms with Crippen molar-refractivity contribution in [2.45, 2.75) is 25.9 Å². The monoisotopic (exact) mass is 112 g/mol. The van der Waals surface area contributed by atoms with Crippen molar-refractivity contribution in [3.63, 3.8) is 0 Å². The molecule has 2 radical (unpaired) electrons. The van der Waals surface area contributed by atoms with Gasteiger partial charge in [-0.1, -0.05) is 0 Å². The van der Waals surface area contributed by atoms with Gasteiger partial charge in [0, 0.05) is 12.1 Å². The van der Waals surface area contributed by atoms with Crippen LogP contribution in [-0.2, 0) is 0 Å². The first kappa shape index (κ1) is 6.05. The van der Waals surface area contributed by atoms with Gasteiger partial charge in [-0.05, 0) is 20.9 Å². The van der Waals surface area contributed by atoms with Crippen LogP contribution in [0.1, 0.15) is 13.8 Å². The number of rotatable bonds is 0. The van der Waals surface area contributed by atoms with Gasteiger partial charge in [-0.15, -0.1) is 0 Å². The summed E-state index contributed by atoms with van der Waals surface area (Å²) in [6.07, 6.45) is 0. The lowest BCUT2D eigenvalue weighted by Crippen LogP contribution is -2.28. The van der Waals surface area contributed by atoms with Crippen LogP contribution in [-0.4, -0.2) is 24.0 Å². The number of nitrogens with one attached hydrogen (secondary N) is 1. The van der Waals surface area contributed by atoms with Crippen molar-refractivity contribution >= 4 is 0 Å². The molecule has 1 rings (SSSR count). The molecule has 0 saturated carbocycles. The Labute approximate surface area is 50.9 Å². The molecule has 1 aliphatic rings. The summed E-state index contributed by atoms with van der Waals surface area (Å²) >= 11 is 0. The third-order valence-corrected chi connectivity index (χ3v) is 1.80. The van der Waals surface area contributed by atoms with Crippen LogP contribution < -0.4 is 5.32 Å². The maximum atomic E-state index is 3.09. The van der Waals surface area contributed by atoms with Gasteiger partial charge in [0.15, 0.2) is 0 Å². The lowest BCUT2D eigenvalue weighted by molar-refractivity contribution is 0.355. The molecule has 0 amide bonds. The van der Waals surface area contributed by atoms with E-state index in [0.29, 0.717) is 12.1 Å². The molecule has 1 N–H and O–H groups in total. The molecule has 1 saturated heterocycles. The first-order chi connectivity index (χ1) is 3.72. The molecule has 8 heavy (non-hydrogen) atoms. The summed E-state index contributed by atoms with van der Waals surface area (Å²) in [6.45, 7) is 7.33. The highest BCUT2D eigenvalue weighted by molar-refractivity contribution is 4.87. The lowest BCUT2D eigenvalue weighted by atomic mass is 10.2. The maximum Gasteiger partial charge on any atom is 0.143 e. The number of hydrogen-bond donors (Lipinski definition) is 1. The fourth-order valence-electron chi connectivity index (χ4n) is 0.761. The number of hydrogen-bond acceptors (Lipinski definition) is 2. The van der Waals surface area contributed by atoms with Crippen molar-refractivity contribution < 1.29 is 0 Å². The van der Waals surface area contributed by atoms with E-state index in [2.05, 4.69) is 30.7 Å². The fourth-order valence-corrected chi connectivity index (χ4v) is 0.761. The van der Waals surface area contributed by atoms with E-state index in [9.17, 15) is 0 Å². The molecule has 46 valence electrons. The van der Waals surface area contributed by atoms with Crippen LogP contribution in [0.25, 0.3) is 0 Å². The van der Waals surface area contributed by atoms with Crippen LogP contribution in [0.4, 0.5) is 0 Å². The molecule has 0 aromatic heterocycles. The summed E-state index contributed by atoms with van der Waals surface area (Å²) in [5, 5.41) is 3.09. The van der Waals surface area contributed by atoms with Crippen LogP contribution in [0.5, 0.6) is 0 Å². The second-order valence-electron chi connectivity index (χ2n) is 2.40. The highest BCUT2D eigenvalue weighted by atomic mass is 15.3. The van der Waals surface area contributed by atoms with Crippen LogP contribution >= 0.6 is 0 Å². The quantitative estimate of drug-likeness (QED) is 0.484. The second kappa shape index (κ2) is 2.03. The molecular weight excluding hydrogens is 100 g/mol. The Morgan fingerprint density at radius 1 is 1.50 bits per heavy atom. The smallest absolute Gasteiger partial charge is 0.143 e. The van der Waals surface area contributed by atoms with Gasteiger partial charge in [-0.2, -0.15) is 0 Å². The predicted molar refractivity (Wildman–Crippen MR) is 33.1 cm³/mol. The van der Waals surface area contributed by atoms with Crippen molar-refractivity contribution in [2.75, 3.05) is 7.05 Å². The van der Waals surface area contributed by atoms with Gasteiger partial charge in [0.2, 0.25) is 0 Å². The van der Waals surface area contributed by atoms with Gasteiger partial charge in [0.1, 0.15) is 6.67 Å². The zero-order valence-electron chi connectivity index (χ0n) is 5.60. The van der Waals surface area contributed by atoms with Gasteiger partial charge < -0.3 is 0 Å². The first-order valence-electron chi connectivity index (χ1n) is 2.96. The standard InChI is InChI=1S/C6H12N2/c1-5-6(2)8(3)4-7-5/h5-7H,1-3H3. The van der Waals surface area contributed by atoms with E-state index >= 15 is 0 Å². The fraction of sp³-hybridized carbons (Fsp3) is 0.833. The SMILES string of the molecule is CC1N[C]N(C)C1C. The molecule has 2 unspecified atom stereocenters. The molecule has 0 spiro atoms. The Balaban J connectivity index is 2.44. The zero-order valence-corrected chi connectivity index (χ0v) is 5.60. The largest absolute Gasteiger partial charge is 0.289 e. The third-order valence-electron chi connectivity index (χ3n) is 1.80. The Kier molecular flexibility index (Phi) is 1.54. The molecule has 2 nitrogen and oxygen atoms in total. The highest BCUT2D eigenvalue weighted by Gasteiger charge is 2.23. The lowest BCUT2D eigenvalue weighted by Gasteiger charge is -2.13. The highest BCUT2D eigenvalue weighted by Crippen LogP contribution is 2.09. The van der Waals surface area contributed by atoms with E-state index < -0.39 is 0 Å². The van der Waals surface area contributed by atoms with E-state index in [1.54, 1.807) is 0 Å². The van der Waals surface area contributed by atoms with Gasteiger partial charge in [0.25, 0.3) is 0 Å². The molecule has 1 fully saturated rings. The Bertz CT molecular complexity index is 72.6. The summed E-state index contributed by atoms with van der Waals surface area (Å²) < 4.78 is 0. The summed E-state index contributed by atoms with van der Waals surface area (Å²) in [5.41, 5.74) is 0. The Morgan fingerprint density at radius 3 is 2.25 bits per heavy atom. The normalized spacial score (nSPS) is 40.9. The summed E-state index contributed by atoms with van der Waals surface area (Å²) in [4.78, 5) is 2.06. The number of likely N-dealkylation sites (N-methyl/N-ethyl adjacent to an activating group) is 1. The predicted octanol–water partition coefficient (Wildman–Crippen LogP) is 0.295. The molecule has 0 aliphatic carbocycles. The Morgan fingerprint density at radius 2 is 2.12 bits per heavy atom. The second-order valence-corrected chi connectivity index (χ2v) is 2.40. The molecule has 0 aromatic carbocycles. The third kappa shape index (κ3) is 0.858. The van der Waals surface area contributed by atoms with Crippen molar-refractivity contribution in [1.82, 2.24) is 10.2 Å². The first-order valence-corrected chi connectivity index (χ1v) is 2.96. The molecule has 2 heteroatoms. The van der Waals surface area contributed by atoms with E-state index in [4.69, 9.17) is 0 Å². The van der Waals surface area contributed by atoms with E-state index in [-0.39, 0.29) is 0 Å². The number of nitrogens with zero attached hydrogens (tertiary/aromatic N) is 1. The van der Waals surface area contributed by atoms with E-state index in [1.165, 1.54) is 0 Å².